The number of isocyanates is 2. The molecule has 0 aliphatic carbocycles. The zero-order chi connectivity index (χ0) is 12.8. The summed E-state index contributed by atoms with van der Waals surface area (Å²) in [5.41, 5.74) is 6.83. The van der Waals surface area contributed by atoms with E-state index in [9.17, 15) is 0 Å². The summed E-state index contributed by atoms with van der Waals surface area (Å²) in [5, 5.41) is 10.8. The van der Waals surface area contributed by atoms with Crippen molar-refractivity contribution in [1.82, 2.24) is 0 Å². The van der Waals surface area contributed by atoms with E-state index in [2.05, 4.69) is 19.1 Å². The molecule has 16 heavy (non-hydrogen) atoms. The summed E-state index contributed by atoms with van der Waals surface area (Å²) >= 11 is 0. The fraction of sp³-hybridized carbons (Fsp3) is 0.273. The molecule has 0 spiro atoms. The molecule has 1 atom stereocenters. The largest absolute Gasteiger partial charge is 0.330 e. The van der Waals surface area contributed by atoms with E-state index in [0.29, 0.717) is 5.92 Å². The van der Waals surface area contributed by atoms with Crippen LogP contribution in [0.15, 0.2) is 30.3 Å². The van der Waals surface area contributed by atoms with E-state index in [0.717, 1.165) is 18.7 Å². The van der Waals surface area contributed by atoms with Crippen molar-refractivity contribution >= 4 is 12.2 Å². The molecule has 0 saturated heterocycles. The molecule has 86 valence electrons. The van der Waals surface area contributed by atoms with Gasteiger partial charge in [0.25, 0.3) is 0 Å². The van der Waals surface area contributed by atoms with Crippen LogP contribution in [0.4, 0.5) is 0 Å². The first kappa shape index (κ1) is 16.4. The fourth-order valence-corrected chi connectivity index (χ4v) is 0.918. The van der Waals surface area contributed by atoms with Crippen LogP contribution in [-0.4, -0.2) is 18.7 Å². The van der Waals surface area contributed by atoms with Crippen LogP contribution in [0.2, 0.25) is 0 Å². The zero-order valence-electron chi connectivity index (χ0n) is 9.07. The molecule has 1 unspecified atom stereocenters. The highest BCUT2D eigenvalue weighted by molar-refractivity contribution is 5.26. The Labute approximate surface area is 94.3 Å². The van der Waals surface area contributed by atoms with Crippen molar-refractivity contribution in [3.63, 3.8) is 0 Å². The van der Waals surface area contributed by atoms with Crippen molar-refractivity contribution in [1.29, 1.82) is 10.8 Å². The number of benzene rings is 1. The van der Waals surface area contributed by atoms with Crippen LogP contribution in [0.25, 0.3) is 0 Å². The van der Waals surface area contributed by atoms with E-state index in [4.69, 9.17) is 26.1 Å². The molecule has 1 rings (SSSR count). The summed E-state index contributed by atoms with van der Waals surface area (Å²) in [7, 11) is 0. The Kier molecular flexibility index (Phi) is 13.2. The second-order valence-electron chi connectivity index (χ2n) is 2.75. The molecule has 5 nitrogen and oxygen atoms in total. The number of rotatable bonds is 2. The third kappa shape index (κ3) is 10.0. The summed E-state index contributed by atoms with van der Waals surface area (Å²) in [4.78, 5) is 16.7. The second-order valence-corrected chi connectivity index (χ2v) is 2.75. The van der Waals surface area contributed by atoms with Gasteiger partial charge in [0.15, 0.2) is 0 Å². The Balaban J connectivity index is 0. The zero-order valence-corrected chi connectivity index (χ0v) is 9.07. The molecule has 0 radical (unpaired) electrons. The first-order valence-corrected chi connectivity index (χ1v) is 4.50. The van der Waals surface area contributed by atoms with Gasteiger partial charge in [0.05, 0.1) is 0 Å². The highest BCUT2D eigenvalue weighted by atomic mass is 16.1. The lowest BCUT2D eigenvalue weighted by Gasteiger charge is -2.06. The molecule has 1 aromatic carbocycles. The van der Waals surface area contributed by atoms with Gasteiger partial charge in [0.2, 0.25) is 12.2 Å². The topological polar surface area (TPSA) is 108 Å². The van der Waals surface area contributed by atoms with Crippen LogP contribution >= 0.6 is 0 Å². The lowest BCUT2D eigenvalue weighted by molar-refractivity contribution is 0.562. The molecule has 0 fully saturated rings. The first-order valence-electron chi connectivity index (χ1n) is 4.50. The van der Waals surface area contributed by atoms with E-state index in [1.165, 1.54) is 5.56 Å². The maximum atomic E-state index is 8.35. The normalized spacial score (nSPS) is 9.12. The molecule has 0 saturated carbocycles. The fourth-order valence-electron chi connectivity index (χ4n) is 0.918. The van der Waals surface area contributed by atoms with Gasteiger partial charge in [0, 0.05) is 0 Å². The van der Waals surface area contributed by atoms with Crippen molar-refractivity contribution < 1.29 is 9.59 Å². The maximum absolute atomic E-state index is 8.35. The summed E-state index contributed by atoms with van der Waals surface area (Å²) in [6, 6.07) is 10.3. The van der Waals surface area contributed by atoms with Gasteiger partial charge in [-0.15, -0.1) is 0 Å². The van der Waals surface area contributed by atoms with E-state index in [1.54, 1.807) is 0 Å². The van der Waals surface area contributed by atoms with Gasteiger partial charge in [-0.3, -0.25) is 0 Å². The summed E-state index contributed by atoms with van der Waals surface area (Å²) in [5.74, 6) is 0.487. The van der Waals surface area contributed by atoms with Crippen molar-refractivity contribution in [2.75, 3.05) is 6.54 Å². The molecule has 4 N–H and O–H groups in total. The van der Waals surface area contributed by atoms with Crippen molar-refractivity contribution in [3.05, 3.63) is 35.9 Å². The van der Waals surface area contributed by atoms with E-state index in [1.807, 2.05) is 18.2 Å². The molecule has 0 amide bonds. The van der Waals surface area contributed by atoms with Crippen molar-refractivity contribution in [3.8, 4) is 0 Å². The van der Waals surface area contributed by atoms with Gasteiger partial charge in [-0.05, 0) is 18.0 Å². The minimum atomic E-state index is 0.487. The lowest BCUT2D eigenvalue weighted by atomic mass is 10.0. The predicted molar refractivity (Wildman–Crippen MR) is 60.7 cm³/mol. The molecule has 0 aromatic heterocycles. The van der Waals surface area contributed by atoms with E-state index in [-0.39, 0.29) is 0 Å². The van der Waals surface area contributed by atoms with Gasteiger partial charge in [-0.1, -0.05) is 37.3 Å². The molecular formula is C11H15N3O2. The van der Waals surface area contributed by atoms with Crippen molar-refractivity contribution in [2.24, 2.45) is 5.73 Å². The summed E-state index contributed by atoms with van der Waals surface area (Å²) in [6.45, 7) is 2.86. The molecule has 0 aliphatic rings. The molecular weight excluding hydrogens is 206 g/mol. The van der Waals surface area contributed by atoms with Crippen LogP contribution in [0.1, 0.15) is 18.4 Å². The monoisotopic (exact) mass is 221 g/mol. The second kappa shape index (κ2) is 12.9. The third-order valence-corrected chi connectivity index (χ3v) is 1.72. The molecule has 1 aromatic rings. The smallest absolute Gasteiger partial charge is 0.231 e. The summed E-state index contributed by atoms with van der Waals surface area (Å²) in [6.07, 6.45) is 1.50. The summed E-state index contributed by atoms with van der Waals surface area (Å²) < 4.78 is 0. The van der Waals surface area contributed by atoms with Gasteiger partial charge >= 0.3 is 0 Å². The van der Waals surface area contributed by atoms with E-state index >= 15 is 0 Å². The average molecular weight is 221 g/mol. The Hall–Kier alpha value is -2.06. The highest BCUT2D eigenvalue weighted by Gasteiger charge is 1.99. The number of hydrogen-bond acceptors (Lipinski definition) is 5. The minimum absolute atomic E-state index is 0.487. The average Bonchev–Trinajstić information content (AvgIpc) is 2.31. The molecule has 0 aliphatic heterocycles. The number of nitrogens with one attached hydrogen (secondary N) is 2. The van der Waals surface area contributed by atoms with E-state index < -0.39 is 0 Å². The van der Waals surface area contributed by atoms with Gasteiger partial charge in [-0.2, -0.15) is 0 Å². The molecule has 5 heteroatoms. The van der Waals surface area contributed by atoms with Crippen LogP contribution in [0, 0.1) is 10.8 Å². The Morgan fingerprint density at radius 3 is 1.88 bits per heavy atom. The van der Waals surface area contributed by atoms with Gasteiger partial charge in [0.1, 0.15) is 0 Å². The van der Waals surface area contributed by atoms with Gasteiger partial charge in [-0.25, -0.2) is 20.4 Å². The third-order valence-electron chi connectivity index (χ3n) is 1.72. The molecule has 0 heterocycles. The van der Waals surface area contributed by atoms with Crippen molar-refractivity contribution in [2.45, 2.75) is 12.8 Å². The lowest BCUT2D eigenvalue weighted by Crippen LogP contribution is -2.08. The minimum Gasteiger partial charge on any atom is -0.330 e. The molecule has 0 bridgehead atoms. The number of carbonyl (C=O) groups excluding carboxylic acids is 2. The Morgan fingerprint density at radius 2 is 1.56 bits per heavy atom. The van der Waals surface area contributed by atoms with Crippen LogP contribution in [-0.2, 0) is 9.59 Å². The predicted octanol–water partition coefficient (Wildman–Crippen LogP) is 1.55. The van der Waals surface area contributed by atoms with Crippen LogP contribution in [0.5, 0.6) is 0 Å². The Bertz CT molecular complexity index is 314. The number of nitrogens with two attached hydrogens (primary N) is 1. The van der Waals surface area contributed by atoms with Crippen LogP contribution < -0.4 is 5.73 Å². The highest BCUT2D eigenvalue weighted by Crippen LogP contribution is 2.11. The maximum Gasteiger partial charge on any atom is 0.231 e. The Morgan fingerprint density at radius 1 is 1.19 bits per heavy atom. The first-order chi connectivity index (χ1) is 7.67. The quantitative estimate of drug-likeness (QED) is 0.520. The number of hydrogen-bond donors (Lipinski definition) is 3. The SMILES string of the molecule is CC(CN)c1ccccc1.N=C=O.N=C=O. The van der Waals surface area contributed by atoms with Gasteiger partial charge < -0.3 is 5.73 Å². The standard InChI is InChI=1S/C9H13N.2CHNO/c1-8(7-10)9-5-3-2-4-6-9;2*2-1-3/h2-6,8H,7,10H2,1H3;2*2H. The van der Waals surface area contributed by atoms with Crippen LogP contribution in [0.3, 0.4) is 0 Å².